The second-order valence-corrected chi connectivity index (χ2v) is 8.53. The molecule has 1 aliphatic rings. The predicted octanol–water partition coefficient (Wildman–Crippen LogP) is -1.36. The summed E-state index contributed by atoms with van der Waals surface area (Å²) >= 11 is 0. The molecule has 1 fully saturated rings. The number of nitrogens with zero attached hydrogens (tertiary/aromatic N) is 1. The Kier molecular flexibility index (Phi) is 8.03. The SMILES string of the molecule is CN(C)c1ccc([C@H](CNC(=O)C(=O)NCc2ccccc2)[NH+]2CC[NH+](C)CC2)cc1. The Hall–Kier alpha value is -2.90. The van der Waals surface area contributed by atoms with Crippen molar-refractivity contribution < 1.29 is 19.4 Å². The Morgan fingerprint density at radius 1 is 0.903 bits per heavy atom. The van der Waals surface area contributed by atoms with E-state index in [4.69, 9.17) is 0 Å². The van der Waals surface area contributed by atoms with Crippen molar-refractivity contribution in [2.75, 3.05) is 58.8 Å². The molecule has 0 bridgehead atoms. The van der Waals surface area contributed by atoms with Crippen molar-refractivity contribution in [2.24, 2.45) is 0 Å². The number of rotatable bonds is 7. The molecule has 1 aliphatic heterocycles. The molecule has 4 N–H and O–H groups in total. The monoisotopic (exact) mass is 425 g/mol. The molecule has 7 heteroatoms. The summed E-state index contributed by atoms with van der Waals surface area (Å²) in [6.07, 6.45) is 0. The summed E-state index contributed by atoms with van der Waals surface area (Å²) in [5.74, 6) is -1.17. The third-order valence-corrected chi connectivity index (χ3v) is 6.02. The maximum absolute atomic E-state index is 12.4. The fourth-order valence-electron chi connectivity index (χ4n) is 3.98. The number of hydrogen-bond acceptors (Lipinski definition) is 3. The van der Waals surface area contributed by atoms with Gasteiger partial charge in [-0.1, -0.05) is 42.5 Å². The van der Waals surface area contributed by atoms with Gasteiger partial charge in [0.2, 0.25) is 0 Å². The molecule has 0 aromatic heterocycles. The maximum atomic E-state index is 12.4. The zero-order valence-electron chi connectivity index (χ0n) is 18.8. The summed E-state index contributed by atoms with van der Waals surface area (Å²) in [5.41, 5.74) is 3.29. The van der Waals surface area contributed by atoms with E-state index in [-0.39, 0.29) is 6.04 Å². The fraction of sp³-hybridized carbons (Fsp3) is 0.417. The first-order chi connectivity index (χ1) is 14.9. The lowest BCUT2D eigenvalue weighted by Gasteiger charge is -2.33. The van der Waals surface area contributed by atoms with Crippen molar-refractivity contribution in [3.8, 4) is 0 Å². The molecule has 7 nitrogen and oxygen atoms in total. The highest BCUT2D eigenvalue weighted by molar-refractivity contribution is 6.35. The van der Waals surface area contributed by atoms with E-state index < -0.39 is 11.8 Å². The lowest BCUT2D eigenvalue weighted by molar-refractivity contribution is -1.02. The largest absolute Gasteiger partial charge is 0.378 e. The molecule has 0 radical (unpaired) electrons. The second kappa shape index (κ2) is 10.9. The van der Waals surface area contributed by atoms with E-state index in [0.29, 0.717) is 13.1 Å². The van der Waals surface area contributed by atoms with Gasteiger partial charge in [0.25, 0.3) is 0 Å². The van der Waals surface area contributed by atoms with E-state index in [0.717, 1.165) is 37.4 Å². The van der Waals surface area contributed by atoms with Gasteiger partial charge in [0.15, 0.2) is 0 Å². The van der Waals surface area contributed by atoms with Crippen LogP contribution in [-0.4, -0.2) is 65.7 Å². The topological polar surface area (TPSA) is 70.3 Å². The Morgan fingerprint density at radius 2 is 1.52 bits per heavy atom. The van der Waals surface area contributed by atoms with E-state index in [9.17, 15) is 9.59 Å². The minimum absolute atomic E-state index is 0.121. The van der Waals surface area contributed by atoms with Crippen LogP contribution in [0.4, 0.5) is 5.69 Å². The molecule has 2 aromatic carbocycles. The molecule has 1 saturated heterocycles. The maximum Gasteiger partial charge on any atom is 0.309 e. The van der Waals surface area contributed by atoms with Crippen LogP contribution in [0.1, 0.15) is 17.2 Å². The van der Waals surface area contributed by atoms with Gasteiger partial charge < -0.3 is 25.3 Å². The number of hydrogen-bond donors (Lipinski definition) is 4. The second-order valence-electron chi connectivity index (χ2n) is 8.53. The number of anilines is 1. The number of benzene rings is 2. The average molecular weight is 426 g/mol. The summed E-state index contributed by atoms with van der Waals surface area (Å²) in [7, 11) is 6.26. The molecule has 2 aromatic rings. The van der Waals surface area contributed by atoms with E-state index in [2.05, 4.69) is 46.8 Å². The Morgan fingerprint density at radius 3 is 2.13 bits per heavy atom. The highest BCUT2D eigenvalue weighted by atomic mass is 16.2. The van der Waals surface area contributed by atoms with Crippen molar-refractivity contribution in [1.82, 2.24) is 10.6 Å². The molecule has 1 atom stereocenters. The lowest BCUT2D eigenvalue weighted by atomic mass is 10.0. The Labute approximate surface area is 185 Å². The van der Waals surface area contributed by atoms with Gasteiger partial charge in [0.05, 0.1) is 13.6 Å². The highest BCUT2D eigenvalue weighted by Crippen LogP contribution is 2.16. The fourth-order valence-corrected chi connectivity index (χ4v) is 3.98. The minimum atomic E-state index is -0.594. The smallest absolute Gasteiger partial charge is 0.309 e. The molecule has 1 heterocycles. The number of likely N-dealkylation sites (N-methyl/N-ethyl adjacent to an activating group) is 1. The lowest BCUT2D eigenvalue weighted by Crippen LogP contribution is -3.27. The van der Waals surface area contributed by atoms with Gasteiger partial charge in [-0.15, -0.1) is 0 Å². The van der Waals surface area contributed by atoms with Crippen LogP contribution < -0.4 is 25.3 Å². The number of nitrogens with one attached hydrogen (secondary N) is 4. The summed E-state index contributed by atoms with van der Waals surface area (Å²) < 4.78 is 0. The van der Waals surface area contributed by atoms with E-state index in [1.807, 2.05) is 44.4 Å². The number of carbonyl (C=O) groups is 2. The Balaban J connectivity index is 1.62. The van der Waals surface area contributed by atoms with E-state index in [1.54, 1.807) is 0 Å². The van der Waals surface area contributed by atoms with Crippen molar-refractivity contribution in [1.29, 1.82) is 0 Å². The number of carbonyl (C=O) groups excluding carboxylic acids is 2. The van der Waals surface area contributed by atoms with Crippen molar-refractivity contribution in [3.05, 3.63) is 65.7 Å². The van der Waals surface area contributed by atoms with Crippen LogP contribution in [0.25, 0.3) is 0 Å². The van der Waals surface area contributed by atoms with Crippen LogP contribution in [0.3, 0.4) is 0 Å². The highest BCUT2D eigenvalue weighted by Gasteiger charge is 2.30. The summed E-state index contributed by atoms with van der Waals surface area (Å²) in [4.78, 5) is 29.8. The van der Waals surface area contributed by atoms with Gasteiger partial charge >= 0.3 is 11.8 Å². The first-order valence-electron chi connectivity index (χ1n) is 11.0. The van der Waals surface area contributed by atoms with E-state index >= 15 is 0 Å². The van der Waals surface area contributed by atoms with Gasteiger partial charge in [-0.25, -0.2) is 0 Å². The molecule has 2 amide bonds. The zero-order valence-corrected chi connectivity index (χ0v) is 18.8. The van der Waals surface area contributed by atoms with Crippen molar-refractivity contribution >= 4 is 17.5 Å². The molecular formula is C24H35N5O2+2. The van der Waals surface area contributed by atoms with Crippen LogP contribution >= 0.6 is 0 Å². The van der Waals surface area contributed by atoms with Gasteiger partial charge in [0.1, 0.15) is 32.2 Å². The summed E-state index contributed by atoms with van der Waals surface area (Å²) in [6, 6.07) is 18.2. The van der Waals surface area contributed by atoms with Crippen LogP contribution in [-0.2, 0) is 16.1 Å². The van der Waals surface area contributed by atoms with Crippen molar-refractivity contribution in [3.63, 3.8) is 0 Å². The van der Waals surface area contributed by atoms with Gasteiger partial charge in [0, 0.05) is 31.9 Å². The molecule has 3 rings (SSSR count). The summed E-state index contributed by atoms with van der Waals surface area (Å²) in [6.45, 7) is 5.08. The number of quaternary nitrogens is 2. The van der Waals surface area contributed by atoms with Gasteiger partial charge in [-0.2, -0.15) is 0 Å². The van der Waals surface area contributed by atoms with Crippen LogP contribution in [0.2, 0.25) is 0 Å². The molecule has 0 spiro atoms. The molecule has 0 unspecified atom stereocenters. The predicted molar refractivity (Wildman–Crippen MR) is 122 cm³/mol. The average Bonchev–Trinajstić information content (AvgIpc) is 2.79. The van der Waals surface area contributed by atoms with Gasteiger partial charge in [-0.05, 0) is 17.7 Å². The molecular weight excluding hydrogens is 390 g/mol. The third kappa shape index (κ3) is 6.54. The van der Waals surface area contributed by atoms with Crippen molar-refractivity contribution in [2.45, 2.75) is 12.6 Å². The summed E-state index contributed by atoms with van der Waals surface area (Å²) in [5, 5.41) is 5.58. The standard InChI is InChI=1S/C24H33N5O2/c1-27(2)21-11-9-20(10-12-21)22(29-15-13-28(3)14-16-29)18-26-24(31)23(30)25-17-19-7-5-4-6-8-19/h4-12,22H,13-18H2,1-3H3,(H,25,30)(H,26,31)/p+2/t22-/m0/s1. The molecule has 0 aliphatic carbocycles. The molecule has 166 valence electrons. The number of piperazine rings is 1. The van der Waals surface area contributed by atoms with Crippen LogP contribution in [0, 0.1) is 0 Å². The zero-order chi connectivity index (χ0) is 22.2. The quantitative estimate of drug-likeness (QED) is 0.414. The molecule has 0 saturated carbocycles. The normalized spacial score (nSPS) is 19.3. The molecule has 31 heavy (non-hydrogen) atoms. The Bertz CT molecular complexity index is 846. The first kappa shape index (κ1) is 22.8. The van der Waals surface area contributed by atoms with Crippen LogP contribution in [0.5, 0.6) is 0 Å². The van der Waals surface area contributed by atoms with E-state index in [1.165, 1.54) is 15.4 Å². The first-order valence-corrected chi connectivity index (χ1v) is 11.0. The third-order valence-electron chi connectivity index (χ3n) is 6.02. The van der Waals surface area contributed by atoms with Gasteiger partial charge in [-0.3, -0.25) is 9.59 Å². The van der Waals surface area contributed by atoms with Crippen LogP contribution in [0.15, 0.2) is 54.6 Å². The number of amides is 2. The minimum Gasteiger partial charge on any atom is -0.378 e.